The van der Waals surface area contributed by atoms with E-state index in [-0.39, 0.29) is 18.2 Å². The van der Waals surface area contributed by atoms with Crippen molar-refractivity contribution < 1.29 is 14.5 Å². The van der Waals surface area contributed by atoms with Crippen molar-refractivity contribution in [3.05, 3.63) is 63.2 Å². The Balaban J connectivity index is 2.00. The smallest absolute Gasteiger partial charge is 0.272 e. The van der Waals surface area contributed by atoms with E-state index in [1.54, 1.807) is 13.0 Å². The molecule has 0 aliphatic carbocycles. The van der Waals surface area contributed by atoms with E-state index < -0.39 is 4.92 Å². The molecule has 0 unspecified atom stereocenters. The number of aryl methyl sites for hydroxylation is 3. The standard InChI is InChI=1S/C17H18N2O4/c1-11-5-4-6-12(2)17(11)18-16(20)10-23-14-7-8-15(19(21)22)13(3)9-14/h4-9H,10H2,1-3H3,(H,18,20). The second kappa shape index (κ2) is 6.91. The van der Waals surface area contributed by atoms with Crippen molar-refractivity contribution in [1.29, 1.82) is 0 Å². The molecule has 0 heterocycles. The van der Waals surface area contributed by atoms with Crippen LogP contribution in [-0.4, -0.2) is 17.4 Å². The van der Waals surface area contributed by atoms with Crippen LogP contribution in [-0.2, 0) is 4.79 Å². The molecule has 0 aliphatic heterocycles. The van der Waals surface area contributed by atoms with Gasteiger partial charge < -0.3 is 10.1 Å². The highest BCUT2D eigenvalue weighted by molar-refractivity contribution is 5.93. The van der Waals surface area contributed by atoms with Crippen molar-refractivity contribution in [2.45, 2.75) is 20.8 Å². The third-order valence-corrected chi connectivity index (χ3v) is 3.48. The second-order valence-electron chi connectivity index (χ2n) is 5.31. The Bertz CT molecular complexity index is 736. The normalized spacial score (nSPS) is 10.2. The maximum absolute atomic E-state index is 12.0. The minimum Gasteiger partial charge on any atom is -0.484 e. The lowest BCUT2D eigenvalue weighted by Crippen LogP contribution is -2.21. The number of hydrogen-bond acceptors (Lipinski definition) is 4. The van der Waals surface area contributed by atoms with Crippen LogP contribution in [0.5, 0.6) is 5.75 Å². The fourth-order valence-electron chi connectivity index (χ4n) is 2.26. The molecular formula is C17H18N2O4. The predicted molar refractivity (Wildman–Crippen MR) is 87.9 cm³/mol. The van der Waals surface area contributed by atoms with Gasteiger partial charge in [0.25, 0.3) is 11.6 Å². The van der Waals surface area contributed by atoms with Gasteiger partial charge in [-0.2, -0.15) is 0 Å². The van der Waals surface area contributed by atoms with Crippen molar-refractivity contribution in [3.63, 3.8) is 0 Å². The molecule has 23 heavy (non-hydrogen) atoms. The van der Waals surface area contributed by atoms with E-state index in [9.17, 15) is 14.9 Å². The first kappa shape index (κ1) is 16.5. The van der Waals surface area contributed by atoms with Gasteiger partial charge >= 0.3 is 0 Å². The number of para-hydroxylation sites is 1. The van der Waals surface area contributed by atoms with E-state index in [1.807, 2.05) is 32.0 Å². The number of nitro groups is 1. The van der Waals surface area contributed by atoms with E-state index in [0.717, 1.165) is 16.8 Å². The maximum Gasteiger partial charge on any atom is 0.272 e. The Morgan fingerprint density at radius 2 is 1.78 bits per heavy atom. The van der Waals surface area contributed by atoms with E-state index in [2.05, 4.69) is 5.32 Å². The van der Waals surface area contributed by atoms with Gasteiger partial charge in [0.15, 0.2) is 6.61 Å². The third-order valence-electron chi connectivity index (χ3n) is 3.48. The average Bonchev–Trinajstić information content (AvgIpc) is 2.49. The number of benzene rings is 2. The number of carbonyl (C=O) groups is 1. The van der Waals surface area contributed by atoms with E-state index in [1.165, 1.54) is 12.1 Å². The van der Waals surface area contributed by atoms with Gasteiger partial charge in [-0.05, 0) is 44.0 Å². The topological polar surface area (TPSA) is 81.5 Å². The molecule has 6 nitrogen and oxygen atoms in total. The van der Waals surface area contributed by atoms with Crippen LogP contribution in [0.1, 0.15) is 16.7 Å². The molecule has 2 aromatic carbocycles. The van der Waals surface area contributed by atoms with Crippen molar-refractivity contribution >= 4 is 17.3 Å². The van der Waals surface area contributed by atoms with Crippen LogP contribution in [0.4, 0.5) is 11.4 Å². The zero-order valence-corrected chi connectivity index (χ0v) is 13.3. The second-order valence-corrected chi connectivity index (χ2v) is 5.31. The summed E-state index contributed by atoms with van der Waals surface area (Å²) in [5.41, 5.74) is 3.25. The van der Waals surface area contributed by atoms with E-state index >= 15 is 0 Å². The summed E-state index contributed by atoms with van der Waals surface area (Å²) in [6, 6.07) is 10.2. The molecule has 0 bridgehead atoms. The van der Waals surface area contributed by atoms with Gasteiger partial charge in [-0.1, -0.05) is 18.2 Å². The van der Waals surface area contributed by atoms with Crippen LogP contribution in [0.3, 0.4) is 0 Å². The minimum atomic E-state index is -0.452. The molecule has 2 rings (SSSR count). The predicted octanol–water partition coefficient (Wildman–Crippen LogP) is 3.54. The first-order chi connectivity index (χ1) is 10.9. The van der Waals surface area contributed by atoms with Gasteiger partial charge in [0.2, 0.25) is 0 Å². The highest BCUT2D eigenvalue weighted by Crippen LogP contribution is 2.23. The summed E-state index contributed by atoms with van der Waals surface area (Å²) in [5, 5.41) is 13.6. The Kier molecular flexibility index (Phi) is 4.95. The van der Waals surface area contributed by atoms with Crippen molar-refractivity contribution in [1.82, 2.24) is 0 Å². The van der Waals surface area contributed by atoms with E-state index in [4.69, 9.17) is 4.74 Å². The summed E-state index contributed by atoms with van der Waals surface area (Å²) in [7, 11) is 0. The summed E-state index contributed by atoms with van der Waals surface area (Å²) >= 11 is 0. The number of ether oxygens (including phenoxy) is 1. The third kappa shape index (κ3) is 4.06. The fraction of sp³-hybridized carbons (Fsp3) is 0.235. The first-order valence-corrected chi connectivity index (χ1v) is 7.12. The highest BCUT2D eigenvalue weighted by atomic mass is 16.6. The lowest BCUT2D eigenvalue weighted by atomic mass is 10.1. The van der Waals surface area contributed by atoms with Gasteiger partial charge in [0, 0.05) is 17.3 Å². The van der Waals surface area contributed by atoms with Crippen LogP contribution >= 0.6 is 0 Å². The minimum absolute atomic E-state index is 0.0253. The Morgan fingerprint density at radius 1 is 1.13 bits per heavy atom. The van der Waals surface area contributed by atoms with Crippen molar-refractivity contribution in [2.75, 3.05) is 11.9 Å². The number of hydrogen-bond donors (Lipinski definition) is 1. The quantitative estimate of drug-likeness (QED) is 0.676. The van der Waals surface area contributed by atoms with Crippen LogP contribution in [0.25, 0.3) is 0 Å². The number of carbonyl (C=O) groups excluding carboxylic acids is 1. The highest BCUT2D eigenvalue weighted by Gasteiger charge is 2.12. The van der Waals surface area contributed by atoms with Gasteiger partial charge in [-0.3, -0.25) is 14.9 Å². The van der Waals surface area contributed by atoms with Crippen LogP contribution in [0.2, 0.25) is 0 Å². The number of nitrogens with one attached hydrogen (secondary N) is 1. The van der Waals surface area contributed by atoms with Crippen LogP contribution in [0.15, 0.2) is 36.4 Å². The SMILES string of the molecule is Cc1cc(OCC(=O)Nc2c(C)cccc2C)ccc1[N+](=O)[O-]. The lowest BCUT2D eigenvalue weighted by molar-refractivity contribution is -0.385. The van der Waals surface area contributed by atoms with Crippen molar-refractivity contribution in [3.8, 4) is 5.75 Å². The number of rotatable bonds is 5. The van der Waals surface area contributed by atoms with Crippen LogP contribution < -0.4 is 10.1 Å². The summed E-state index contributed by atoms with van der Waals surface area (Å²) in [6.45, 7) is 5.30. The number of anilines is 1. The zero-order chi connectivity index (χ0) is 17.0. The van der Waals surface area contributed by atoms with Crippen LogP contribution in [0, 0.1) is 30.9 Å². The first-order valence-electron chi connectivity index (χ1n) is 7.12. The lowest BCUT2D eigenvalue weighted by Gasteiger charge is -2.12. The molecule has 1 amide bonds. The molecule has 0 saturated carbocycles. The van der Waals surface area contributed by atoms with E-state index in [0.29, 0.717) is 11.3 Å². The number of amides is 1. The summed E-state index contributed by atoms with van der Waals surface area (Å²) in [6.07, 6.45) is 0. The fourth-order valence-corrected chi connectivity index (χ4v) is 2.26. The molecule has 0 aliphatic rings. The summed E-state index contributed by atoms with van der Waals surface area (Å²) in [4.78, 5) is 22.3. The van der Waals surface area contributed by atoms with Gasteiger partial charge in [-0.15, -0.1) is 0 Å². The zero-order valence-electron chi connectivity index (χ0n) is 13.3. The van der Waals surface area contributed by atoms with Gasteiger partial charge in [0.1, 0.15) is 5.75 Å². The Hall–Kier alpha value is -2.89. The van der Waals surface area contributed by atoms with Gasteiger partial charge in [-0.25, -0.2) is 0 Å². The summed E-state index contributed by atoms with van der Waals surface area (Å²) in [5.74, 6) is 0.142. The molecule has 0 atom stereocenters. The molecule has 1 N–H and O–H groups in total. The summed E-state index contributed by atoms with van der Waals surface area (Å²) < 4.78 is 5.40. The van der Waals surface area contributed by atoms with Gasteiger partial charge in [0.05, 0.1) is 4.92 Å². The maximum atomic E-state index is 12.0. The molecular weight excluding hydrogens is 296 g/mol. The molecule has 120 valence electrons. The molecule has 0 aromatic heterocycles. The Morgan fingerprint density at radius 3 is 2.35 bits per heavy atom. The molecule has 0 spiro atoms. The molecule has 6 heteroatoms. The molecule has 0 saturated heterocycles. The number of nitrogens with zero attached hydrogens (tertiary/aromatic N) is 1. The monoisotopic (exact) mass is 314 g/mol. The molecule has 0 fully saturated rings. The number of nitro benzene ring substituents is 1. The average molecular weight is 314 g/mol. The molecule has 0 radical (unpaired) electrons. The van der Waals surface area contributed by atoms with Crippen molar-refractivity contribution in [2.24, 2.45) is 0 Å². The Labute approximate surface area is 134 Å². The largest absolute Gasteiger partial charge is 0.484 e. The molecule has 2 aromatic rings.